The molecule has 0 saturated carbocycles. The van der Waals surface area contributed by atoms with Crippen LogP contribution in [0.2, 0.25) is 10.0 Å². The fourth-order valence-corrected chi connectivity index (χ4v) is 11.1. The second-order valence-electron chi connectivity index (χ2n) is 21.0. The molecule has 5 N–H and O–H groups in total. The Morgan fingerprint density at radius 3 is 2.27 bits per heavy atom. The predicted molar refractivity (Wildman–Crippen MR) is 261 cm³/mol. The van der Waals surface area contributed by atoms with Crippen LogP contribution in [0.4, 0.5) is 4.79 Å². The van der Waals surface area contributed by atoms with Gasteiger partial charge in [0.15, 0.2) is 18.7 Å². The molecule has 4 heterocycles. The predicted octanol–water partition coefficient (Wildman–Crippen LogP) is 4.78. The highest BCUT2D eigenvalue weighted by Gasteiger charge is 2.54. The zero-order valence-electron chi connectivity index (χ0n) is 43.4. The van der Waals surface area contributed by atoms with Crippen LogP contribution in [0.15, 0.2) is 24.4 Å². The van der Waals surface area contributed by atoms with E-state index < -0.39 is 102 Å². The average Bonchev–Trinajstić information content (AvgIpc) is 3.74. The smallest absolute Gasteiger partial charge is 0.407 e. The number of benzene rings is 1. The van der Waals surface area contributed by atoms with Crippen molar-refractivity contribution in [3.05, 3.63) is 45.7 Å². The van der Waals surface area contributed by atoms with E-state index in [1.165, 1.54) is 14.0 Å². The van der Waals surface area contributed by atoms with Crippen molar-refractivity contribution in [3.8, 4) is 0 Å². The molecule has 398 valence electrons. The normalized spacial score (nSPS) is 39.7. The number of rotatable bonds is 12. The Labute approximate surface area is 423 Å². The number of carbonyl (C=O) groups is 2. The number of hydrogen-bond donors (Lipinski definition) is 5. The minimum Gasteiger partial charge on any atom is -0.459 e. The maximum atomic E-state index is 14.5. The van der Waals surface area contributed by atoms with Crippen LogP contribution in [0.5, 0.6) is 0 Å². The van der Waals surface area contributed by atoms with E-state index in [2.05, 4.69) is 15.6 Å². The second-order valence-corrected chi connectivity index (χ2v) is 21.8. The molecule has 1 aromatic heterocycles. The van der Waals surface area contributed by atoms with Crippen LogP contribution in [0, 0.1) is 17.8 Å². The zero-order valence-corrected chi connectivity index (χ0v) is 44.9. The van der Waals surface area contributed by atoms with Gasteiger partial charge in [-0.05, 0) is 107 Å². The van der Waals surface area contributed by atoms with Gasteiger partial charge in [0.1, 0.15) is 35.2 Å². The number of alkyl carbamates (subject to hydrolysis) is 1. The van der Waals surface area contributed by atoms with Crippen LogP contribution in [0.1, 0.15) is 106 Å². The first-order valence-corrected chi connectivity index (χ1v) is 25.2. The third-order valence-electron chi connectivity index (χ3n) is 14.8. The van der Waals surface area contributed by atoms with Crippen LogP contribution < -0.4 is 5.32 Å². The summed E-state index contributed by atoms with van der Waals surface area (Å²) in [5, 5.41) is 60.0. The number of likely N-dealkylation sites (N-methyl/N-ethyl adjacent to an activating group) is 2. The number of hydrogen-bond acceptors (Lipinski definition) is 17. The molecule has 5 rings (SSSR count). The summed E-state index contributed by atoms with van der Waals surface area (Å²) in [6.45, 7) is 18.1. The standard InChI is InChI=1S/C49H80Cl2N6O13/c1-15-37-49(10,63)41(59)30(6)56(13)23-26(2)20-47(8,62)42(69-45-39(58)36(55(11)12)19-27(3)65-45)28(4)40(29(5)44(60)67-37)68-38-21-48(9,64-14)43(31(7)66-38)70-46(61)52-22-32-24-57(54-53-32)25-33-34(50)17-16-18-35(33)51/h16-18,24,26-31,36-43,45,58-59,62-63H,15,19-23,25H2,1-14H3,(H,52,61)/t26-,27-,28+,29-,30-,31+,36+,37-,38+,39-,40+,41-,42-,43+,45+,47-,48-,49-/m1/s1. The zero-order chi connectivity index (χ0) is 52.2. The van der Waals surface area contributed by atoms with E-state index in [1.54, 1.807) is 77.5 Å². The van der Waals surface area contributed by atoms with E-state index in [0.717, 1.165) is 0 Å². The van der Waals surface area contributed by atoms with Gasteiger partial charge in [-0.2, -0.15) is 0 Å². The van der Waals surface area contributed by atoms with Gasteiger partial charge in [-0.1, -0.05) is 55.3 Å². The minimum absolute atomic E-state index is 0.00747. The molecule has 18 atom stereocenters. The topological polar surface area (TPSA) is 229 Å². The van der Waals surface area contributed by atoms with Crippen LogP contribution in [0.3, 0.4) is 0 Å². The van der Waals surface area contributed by atoms with Crippen molar-refractivity contribution in [1.82, 2.24) is 30.1 Å². The Kier molecular flexibility index (Phi) is 20.0. The maximum Gasteiger partial charge on any atom is 0.407 e. The first kappa shape index (κ1) is 58.1. The summed E-state index contributed by atoms with van der Waals surface area (Å²) in [5.74, 6) is -2.87. The van der Waals surface area contributed by atoms with Gasteiger partial charge in [-0.25, -0.2) is 9.48 Å². The number of aliphatic hydroxyl groups is 4. The lowest BCUT2D eigenvalue weighted by Gasteiger charge is -2.49. The number of esters is 1. The third-order valence-corrected chi connectivity index (χ3v) is 15.5. The summed E-state index contributed by atoms with van der Waals surface area (Å²) < 4.78 is 46.2. The highest BCUT2D eigenvalue weighted by molar-refractivity contribution is 6.36. The largest absolute Gasteiger partial charge is 0.459 e. The number of nitrogens with zero attached hydrogens (tertiary/aromatic N) is 5. The molecule has 1 amide bonds. The molecular weight excluding hydrogens is 951 g/mol. The monoisotopic (exact) mass is 1030 g/mol. The van der Waals surface area contributed by atoms with Crippen molar-refractivity contribution in [2.24, 2.45) is 17.8 Å². The third kappa shape index (κ3) is 13.7. The van der Waals surface area contributed by atoms with Crippen molar-refractivity contribution in [3.63, 3.8) is 0 Å². The molecule has 0 radical (unpaired) electrons. The van der Waals surface area contributed by atoms with Gasteiger partial charge >= 0.3 is 12.1 Å². The minimum atomic E-state index is -1.86. The SMILES string of the molecule is CC[C@H]1OC(=O)[C@H](C)[C@@H](O[C@H]2C[C@@](C)(OC)[C@@H](OC(=O)NCc3cn(Cc4c(Cl)cccc4Cl)nn3)[C@H](C)O2)[C@H](C)[C@@H](O[C@@H]2O[C@H](C)C[C@H](N(C)C)[C@H]2O)[C@](C)(O)C[C@@H](C)CN(C)[C@H](C)[C@@H](O)[C@]1(C)O. The second kappa shape index (κ2) is 24.1. The molecule has 0 aliphatic carbocycles. The fourth-order valence-electron chi connectivity index (χ4n) is 10.6. The number of cyclic esters (lactones) is 1. The molecule has 19 nitrogen and oxygen atoms in total. The first-order chi connectivity index (χ1) is 32.6. The maximum absolute atomic E-state index is 14.5. The number of aromatic nitrogens is 3. The molecule has 2 aromatic rings. The number of halogens is 2. The molecule has 70 heavy (non-hydrogen) atoms. The van der Waals surface area contributed by atoms with Gasteiger partial charge < -0.3 is 68.7 Å². The quantitative estimate of drug-likeness (QED) is 0.180. The van der Waals surface area contributed by atoms with E-state index in [9.17, 15) is 30.0 Å². The summed E-state index contributed by atoms with van der Waals surface area (Å²) in [6, 6.07) is 4.32. The molecule has 0 unspecified atom stereocenters. The Hall–Kier alpha value is -2.76. The van der Waals surface area contributed by atoms with E-state index in [1.807, 2.05) is 44.8 Å². The van der Waals surface area contributed by atoms with Crippen LogP contribution in [-0.2, 0) is 51.0 Å². The first-order valence-electron chi connectivity index (χ1n) is 24.4. The van der Waals surface area contributed by atoms with E-state index in [0.29, 0.717) is 34.3 Å². The Morgan fingerprint density at radius 2 is 1.66 bits per heavy atom. The Bertz CT molecular complexity index is 2010. The summed E-state index contributed by atoms with van der Waals surface area (Å²) in [7, 11) is 7.06. The van der Waals surface area contributed by atoms with Gasteiger partial charge in [0.2, 0.25) is 0 Å². The molecule has 3 fully saturated rings. The van der Waals surface area contributed by atoms with Gasteiger partial charge in [-0.3, -0.25) is 4.79 Å². The molecule has 21 heteroatoms. The van der Waals surface area contributed by atoms with Crippen molar-refractivity contribution >= 4 is 35.3 Å². The highest BCUT2D eigenvalue weighted by Crippen LogP contribution is 2.41. The number of aliphatic hydroxyl groups excluding tert-OH is 2. The van der Waals surface area contributed by atoms with Crippen LogP contribution in [0.25, 0.3) is 0 Å². The molecule has 0 bridgehead atoms. The van der Waals surface area contributed by atoms with Gasteiger partial charge in [0, 0.05) is 53.7 Å². The summed E-state index contributed by atoms with van der Waals surface area (Å²) >= 11 is 12.7. The molecule has 0 spiro atoms. The van der Waals surface area contributed by atoms with E-state index >= 15 is 0 Å². The average molecular weight is 1030 g/mol. The molecule has 3 aliphatic heterocycles. The molecule has 3 saturated heterocycles. The summed E-state index contributed by atoms with van der Waals surface area (Å²) in [6.07, 6.45) is -8.29. The Morgan fingerprint density at radius 1 is 1.00 bits per heavy atom. The van der Waals surface area contributed by atoms with Crippen molar-refractivity contribution < 1.29 is 63.2 Å². The van der Waals surface area contributed by atoms with E-state index in [4.69, 9.17) is 56.4 Å². The lowest BCUT2D eigenvalue weighted by Crippen LogP contribution is -2.61. The number of ether oxygens (including phenoxy) is 7. The summed E-state index contributed by atoms with van der Waals surface area (Å²) in [5.41, 5.74) is -3.55. The summed E-state index contributed by atoms with van der Waals surface area (Å²) in [4.78, 5) is 31.8. The van der Waals surface area contributed by atoms with Gasteiger partial charge in [0.05, 0.1) is 55.2 Å². The van der Waals surface area contributed by atoms with Gasteiger partial charge in [-0.15, -0.1) is 5.10 Å². The molecular formula is C49H80Cl2N6O13. The van der Waals surface area contributed by atoms with Crippen LogP contribution in [-0.4, -0.2) is 182 Å². The number of amides is 1. The number of nitrogens with one attached hydrogen (secondary N) is 1. The van der Waals surface area contributed by atoms with Crippen molar-refractivity contribution in [1.29, 1.82) is 0 Å². The molecule has 3 aliphatic rings. The van der Waals surface area contributed by atoms with Crippen LogP contribution >= 0.6 is 23.2 Å². The number of carbonyl (C=O) groups excluding carboxylic acids is 2. The fraction of sp³-hybridized carbons (Fsp3) is 0.796. The highest BCUT2D eigenvalue weighted by atomic mass is 35.5. The lowest BCUT2D eigenvalue weighted by atomic mass is 9.77. The number of methoxy groups -OCH3 is 1. The molecule has 1 aromatic carbocycles. The Balaban J connectivity index is 1.43. The van der Waals surface area contributed by atoms with E-state index in [-0.39, 0.29) is 50.4 Å². The van der Waals surface area contributed by atoms with Crippen molar-refractivity contribution in [2.75, 3.05) is 34.8 Å². The van der Waals surface area contributed by atoms with Crippen molar-refractivity contribution in [2.45, 2.75) is 198 Å². The lowest BCUT2D eigenvalue weighted by molar-refractivity contribution is -0.317. The van der Waals surface area contributed by atoms with Gasteiger partial charge in [0.25, 0.3) is 0 Å².